The zero-order chi connectivity index (χ0) is 13.6. The van der Waals surface area contributed by atoms with Crippen molar-refractivity contribution in [2.24, 2.45) is 0 Å². The summed E-state index contributed by atoms with van der Waals surface area (Å²) in [6.45, 7) is 0.976. The largest absolute Gasteiger partial charge is 0.497 e. The van der Waals surface area contributed by atoms with Crippen molar-refractivity contribution in [2.75, 3.05) is 21.2 Å². The molecule has 0 aliphatic heterocycles. The SMILES string of the molecule is COc1ccc(CN(C)C)cc1.O=CC1(O)CC1. The van der Waals surface area contributed by atoms with E-state index in [2.05, 4.69) is 31.1 Å². The normalized spacial score (nSPS) is 15.6. The van der Waals surface area contributed by atoms with Gasteiger partial charge >= 0.3 is 0 Å². The van der Waals surface area contributed by atoms with Gasteiger partial charge in [-0.3, -0.25) is 0 Å². The summed E-state index contributed by atoms with van der Waals surface area (Å²) >= 11 is 0. The molecule has 0 spiro atoms. The number of carbonyl (C=O) groups is 1. The minimum Gasteiger partial charge on any atom is -0.497 e. The van der Waals surface area contributed by atoms with Gasteiger partial charge in [0, 0.05) is 6.54 Å². The Kier molecular flexibility index (Phi) is 5.31. The second kappa shape index (κ2) is 6.52. The van der Waals surface area contributed by atoms with Crippen LogP contribution in [0.15, 0.2) is 24.3 Å². The van der Waals surface area contributed by atoms with Gasteiger partial charge in [0.1, 0.15) is 11.4 Å². The van der Waals surface area contributed by atoms with Crippen molar-refractivity contribution in [2.45, 2.75) is 25.0 Å². The predicted molar refractivity (Wildman–Crippen MR) is 70.6 cm³/mol. The second-order valence-corrected chi connectivity index (χ2v) is 4.81. The minimum atomic E-state index is -0.889. The quantitative estimate of drug-likeness (QED) is 0.823. The number of methoxy groups -OCH3 is 1. The van der Waals surface area contributed by atoms with Crippen LogP contribution >= 0.6 is 0 Å². The summed E-state index contributed by atoms with van der Waals surface area (Å²) in [5.74, 6) is 0.914. The van der Waals surface area contributed by atoms with Crippen LogP contribution in [0, 0.1) is 0 Å². The van der Waals surface area contributed by atoms with Crippen molar-refractivity contribution in [3.05, 3.63) is 29.8 Å². The Hall–Kier alpha value is -1.39. The van der Waals surface area contributed by atoms with Gasteiger partial charge in [0.15, 0.2) is 6.29 Å². The van der Waals surface area contributed by atoms with Gasteiger partial charge in [0.2, 0.25) is 0 Å². The van der Waals surface area contributed by atoms with Crippen LogP contribution in [-0.2, 0) is 11.3 Å². The summed E-state index contributed by atoms with van der Waals surface area (Å²) in [6, 6.07) is 8.13. The molecule has 4 nitrogen and oxygen atoms in total. The molecule has 2 rings (SSSR count). The zero-order valence-corrected chi connectivity index (χ0v) is 11.2. The molecule has 0 saturated heterocycles. The molecule has 1 saturated carbocycles. The molecule has 1 N–H and O–H groups in total. The standard InChI is InChI=1S/C10H15NO.C4H6O2/c1-11(2)8-9-4-6-10(12-3)7-5-9;5-3-4(6)1-2-4/h4-7H,8H2,1-3H3;3,6H,1-2H2. The Morgan fingerprint density at radius 2 is 1.89 bits per heavy atom. The average molecular weight is 251 g/mol. The first-order valence-corrected chi connectivity index (χ1v) is 5.95. The third kappa shape index (κ3) is 5.29. The number of benzene rings is 1. The maximum atomic E-state index is 9.64. The van der Waals surface area contributed by atoms with Gasteiger partial charge in [-0.25, -0.2) is 0 Å². The number of carbonyl (C=O) groups excluding carboxylic acids is 1. The Bertz CT molecular complexity index is 369. The Balaban J connectivity index is 0.000000225. The topological polar surface area (TPSA) is 49.8 Å². The van der Waals surface area contributed by atoms with Crippen molar-refractivity contribution in [1.29, 1.82) is 0 Å². The number of aliphatic hydroxyl groups is 1. The lowest BCUT2D eigenvalue weighted by Gasteiger charge is -2.09. The van der Waals surface area contributed by atoms with Crippen LogP contribution in [0.25, 0.3) is 0 Å². The Morgan fingerprint density at radius 1 is 1.33 bits per heavy atom. The first kappa shape index (κ1) is 14.7. The fourth-order valence-corrected chi connectivity index (χ4v) is 1.34. The van der Waals surface area contributed by atoms with E-state index in [0.717, 1.165) is 12.3 Å². The van der Waals surface area contributed by atoms with Crippen LogP contribution in [0.3, 0.4) is 0 Å². The molecular formula is C14H21NO3. The van der Waals surface area contributed by atoms with Gasteiger partial charge in [-0.15, -0.1) is 0 Å². The molecule has 0 amide bonds. The molecule has 100 valence electrons. The van der Waals surface area contributed by atoms with Crippen LogP contribution in [0.4, 0.5) is 0 Å². The number of rotatable bonds is 4. The molecule has 0 unspecified atom stereocenters. The lowest BCUT2D eigenvalue weighted by atomic mass is 10.2. The molecule has 0 radical (unpaired) electrons. The van der Waals surface area contributed by atoms with Crippen LogP contribution in [-0.4, -0.2) is 43.1 Å². The van der Waals surface area contributed by atoms with Gasteiger partial charge in [-0.05, 0) is 44.6 Å². The van der Waals surface area contributed by atoms with Crippen molar-refractivity contribution in [1.82, 2.24) is 4.90 Å². The summed E-state index contributed by atoms with van der Waals surface area (Å²) in [5.41, 5.74) is 0.417. The highest BCUT2D eigenvalue weighted by Gasteiger charge is 2.39. The van der Waals surface area contributed by atoms with E-state index in [4.69, 9.17) is 9.84 Å². The second-order valence-electron chi connectivity index (χ2n) is 4.81. The van der Waals surface area contributed by atoms with Crippen molar-refractivity contribution in [3.63, 3.8) is 0 Å². The fraction of sp³-hybridized carbons (Fsp3) is 0.500. The molecule has 1 aliphatic rings. The van der Waals surface area contributed by atoms with Gasteiger partial charge in [-0.2, -0.15) is 0 Å². The van der Waals surface area contributed by atoms with E-state index in [1.807, 2.05) is 12.1 Å². The van der Waals surface area contributed by atoms with E-state index >= 15 is 0 Å². The highest BCUT2D eigenvalue weighted by Crippen LogP contribution is 2.31. The molecule has 0 aromatic heterocycles. The van der Waals surface area contributed by atoms with Crippen molar-refractivity contribution in [3.8, 4) is 5.75 Å². The smallest absolute Gasteiger partial charge is 0.151 e. The van der Waals surface area contributed by atoms with E-state index in [9.17, 15) is 4.79 Å². The molecule has 0 bridgehead atoms. The molecule has 1 aliphatic carbocycles. The van der Waals surface area contributed by atoms with Gasteiger partial charge < -0.3 is 19.5 Å². The Labute approximate surface area is 108 Å². The highest BCUT2D eigenvalue weighted by atomic mass is 16.5. The number of hydrogen-bond donors (Lipinski definition) is 1. The van der Waals surface area contributed by atoms with Crippen LogP contribution < -0.4 is 4.74 Å². The molecule has 4 heteroatoms. The zero-order valence-electron chi connectivity index (χ0n) is 11.2. The molecule has 18 heavy (non-hydrogen) atoms. The summed E-state index contributed by atoms with van der Waals surface area (Å²) in [4.78, 5) is 11.8. The molecule has 0 atom stereocenters. The highest BCUT2D eigenvalue weighted by molar-refractivity contribution is 5.66. The number of hydrogen-bond acceptors (Lipinski definition) is 4. The van der Waals surface area contributed by atoms with Crippen LogP contribution in [0.2, 0.25) is 0 Å². The lowest BCUT2D eigenvalue weighted by Crippen LogP contribution is -2.10. The first-order valence-electron chi connectivity index (χ1n) is 5.95. The fourth-order valence-electron chi connectivity index (χ4n) is 1.34. The summed E-state index contributed by atoms with van der Waals surface area (Å²) < 4.78 is 5.06. The van der Waals surface area contributed by atoms with Crippen molar-refractivity contribution >= 4 is 6.29 Å². The maximum Gasteiger partial charge on any atom is 0.151 e. The third-order valence-corrected chi connectivity index (χ3v) is 2.64. The van der Waals surface area contributed by atoms with Crippen LogP contribution in [0.1, 0.15) is 18.4 Å². The summed E-state index contributed by atoms with van der Waals surface area (Å²) in [6.07, 6.45) is 1.93. The first-order chi connectivity index (χ1) is 8.49. The number of ether oxygens (including phenoxy) is 1. The van der Waals surface area contributed by atoms with Crippen molar-refractivity contribution < 1.29 is 14.6 Å². The molecule has 0 heterocycles. The predicted octanol–water partition coefficient (Wildman–Crippen LogP) is 1.47. The van der Waals surface area contributed by atoms with E-state index < -0.39 is 5.60 Å². The average Bonchev–Trinajstić information content (AvgIpc) is 3.09. The number of aldehydes is 1. The Morgan fingerprint density at radius 3 is 2.17 bits per heavy atom. The van der Waals surface area contributed by atoms with E-state index in [-0.39, 0.29) is 0 Å². The summed E-state index contributed by atoms with van der Waals surface area (Å²) in [7, 11) is 5.80. The maximum absolute atomic E-state index is 9.64. The monoisotopic (exact) mass is 251 g/mol. The lowest BCUT2D eigenvalue weighted by molar-refractivity contribution is -0.116. The molecule has 1 fully saturated rings. The van der Waals surface area contributed by atoms with E-state index in [1.54, 1.807) is 7.11 Å². The molecule has 1 aromatic rings. The van der Waals surface area contributed by atoms with Gasteiger partial charge in [0.25, 0.3) is 0 Å². The minimum absolute atomic E-state index is 0.604. The van der Waals surface area contributed by atoms with Gasteiger partial charge in [-0.1, -0.05) is 12.1 Å². The summed E-state index contributed by atoms with van der Waals surface area (Å²) in [5, 5.41) is 8.57. The van der Waals surface area contributed by atoms with E-state index in [0.29, 0.717) is 19.1 Å². The third-order valence-electron chi connectivity index (χ3n) is 2.64. The number of nitrogens with zero attached hydrogens (tertiary/aromatic N) is 1. The van der Waals surface area contributed by atoms with Gasteiger partial charge in [0.05, 0.1) is 7.11 Å². The molecule has 1 aromatic carbocycles. The van der Waals surface area contributed by atoms with Crippen LogP contribution in [0.5, 0.6) is 5.75 Å². The molecular weight excluding hydrogens is 230 g/mol. The van der Waals surface area contributed by atoms with E-state index in [1.165, 1.54) is 5.56 Å².